The molecule has 0 aromatic heterocycles. The number of carbonyl (C=O) groups excluding carboxylic acids is 2. The van der Waals surface area contributed by atoms with Crippen LogP contribution in [-0.2, 0) is 14.3 Å². The van der Waals surface area contributed by atoms with Crippen molar-refractivity contribution in [1.82, 2.24) is 4.90 Å². The number of ketones is 2. The second kappa shape index (κ2) is 7.18. The zero-order valence-electron chi connectivity index (χ0n) is 17.8. The first-order valence-electron chi connectivity index (χ1n) is 10.7. The standard InChI is InChI=1S/C25H23NO6/c1-29-16-8-7-14(11-17(16)30-2)23(27)22-19-18-12-31-25(32-18)24(28)20(19)21-15-6-4-3-5-13(15)9-10-26(21)22/h3-11,18-22,25H,12H2,1-2H3/t18-,19+,20-,21+,22?,25-/m0/s1. The van der Waals surface area contributed by atoms with Gasteiger partial charge in [-0.25, -0.2) is 0 Å². The highest BCUT2D eigenvalue weighted by atomic mass is 16.7. The number of methoxy groups -OCH3 is 2. The highest BCUT2D eigenvalue weighted by Gasteiger charge is 2.63. The Labute approximate surface area is 185 Å². The van der Waals surface area contributed by atoms with Gasteiger partial charge in [0.15, 0.2) is 23.1 Å². The van der Waals surface area contributed by atoms with Gasteiger partial charge in [-0.05, 0) is 35.4 Å². The van der Waals surface area contributed by atoms with Crippen LogP contribution in [0.15, 0.2) is 48.7 Å². The van der Waals surface area contributed by atoms with Gasteiger partial charge in [-0.3, -0.25) is 9.59 Å². The molecule has 0 spiro atoms. The van der Waals surface area contributed by atoms with Crippen molar-refractivity contribution in [3.05, 3.63) is 65.4 Å². The summed E-state index contributed by atoms with van der Waals surface area (Å²) in [5.41, 5.74) is 2.63. The second-order valence-corrected chi connectivity index (χ2v) is 8.56. The first-order chi connectivity index (χ1) is 15.6. The van der Waals surface area contributed by atoms with Gasteiger partial charge in [-0.2, -0.15) is 0 Å². The molecule has 0 saturated carbocycles. The molecule has 6 atom stereocenters. The lowest BCUT2D eigenvalue weighted by Gasteiger charge is -2.34. The summed E-state index contributed by atoms with van der Waals surface area (Å²) in [4.78, 5) is 29.4. The molecule has 1 unspecified atom stereocenters. The third kappa shape index (κ3) is 2.61. The van der Waals surface area contributed by atoms with Crippen LogP contribution >= 0.6 is 0 Å². The van der Waals surface area contributed by atoms with Crippen molar-refractivity contribution in [2.24, 2.45) is 11.8 Å². The topological polar surface area (TPSA) is 74.3 Å². The van der Waals surface area contributed by atoms with Gasteiger partial charge in [0.25, 0.3) is 0 Å². The summed E-state index contributed by atoms with van der Waals surface area (Å²) in [5, 5.41) is 0. The lowest BCUT2D eigenvalue weighted by molar-refractivity contribution is -0.164. The van der Waals surface area contributed by atoms with E-state index in [1.807, 2.05) is 36.5 Å². The van der Waals surface area contributed by atoms with E-state index in [1.165, 1.54) is 0 Å². The summed E-state index contributed by atoms with van der Waals surface area (Å²) in [6.45, 7) is 0.319. The van der Waals surface area contributed by atoms with E-state index in [0.717, 1.165) is 11.1 Å². The molecule has 32 heavy (non-hydrogen) atoms. The van der Waals surface area contributed by atoms with E-state index < -0.39 is 12.3 Å². The predicted molar refractivity (Wildman–Crippen MR) is 114 cm³/mol. The number of hydrogen-bond acceptors (Lipinski definition) is 7. The van der Waals surface area contributed by atoms with Crippen LogP contribution < -0.4 is 9.47 Å². The van der Waals surface area contributed by atoms with E-state index in [9.17, 15) is 9.59 Å². The van der Waals surface area contributed by atoms with E-state index in [1.54, 1.807) is 32.4 Å². The quantitative estimate of drug-likeness (QED) is 0.687. The molecule has 0 radical (unpaired) electrons. The Morgan fingerprint density at radius 3 is 2.72 bits per heavy atom. The maximum Gasteiger partial charge on any atom is 0.218 e. The van der Waals surface area contributed by atoms with Crippen LogP contribution in [0.4, 0.5) is 0 Å². The fourth-order valence-electron chi connectivity index (χ4n) is 5.78. The Morgan fingerprint density at radius 1 is 1.09 bits per heavy atom. The maximum absolute atomic E-state index is 13.9. The molecular weight excluding hydrogens is 410 g/mol. The largest absolute Gasteiger partial charge is 0.493 e. The third-order valence-corrected chi connectivity index (χ3v) is 7.14. The average Bonchev–Trinajstić information content (AvgIpc) is 3.43. The highest BCUT2D eigenvalue weighted by Crippen LogP contribution is 2.54. The zero-order chi connectivity index (χ0) is 22.0. The predicted octanol–water partition coefficient (Wildman–Crippen LogP) is 2.85. The molecule has 4 aliphatic rings. The number of ether oxygens (including phenoxy) is 4. The normalized spacial score (nSPS) is 31.7. The van der Waals surface area contributed by atoms with Gasteiger partial charge in [0, 0.05) is 17.7 Å². The molecule has 0 aliphatic carbocycles. The monoisotopic (exact) mass is 433 g/mol. The van der Waals surface area contributed by atoms with E-state index in [0.29, 0.717) is 23.7 Å². The Morgan fingerprint density at radius 2 is 1.91 bits per heavy atom. The maximum atomic E-state index is 13.9. The van der Waals surface area contributed by atoms with Gasteiger partial charge >= 0.3 is 0 Å². The molecule has 0 amide bonds. The van der Waals surface area contributed by atoms with Gasteiger partial charge in [-0.1, -0.05) is 24.3 Å². The van der Waals surface area contributed by atoms with Crippen LogP contribution in [0.2, 0.25) is 0 Å². The molecule has 2 aromatic rings. The van der Waals surface area contributed by atoms with E-state index in [-0.39, 0.29) is 35.5 Å². The summed E-state index contributed by atoms with van der Waals surface area (Å²) in [5.74, 6) is 0.218. The second-order valence-electron chi connectivity index (χ2n) is 8.56. The molecule has 4 aliphatic heterocycles. The van der Waals surface area contributed by atoms with Crippen molar-refractivity contribution in [3.63, 3.8) is 0 Å². The molecule has 7 nitrogen and oxygen atoms in total. The molecule has 0 N–H and O–H groups in total. The molecule has 7 heteroatoms. The number of nitrogens with zero attached hydrogens (tertiary/aromatic N) is 1. The Kier molecular flexibility index (Phi) is 4.38. The fourth-order valence-corrected chi connectivity index (χ4v) is 5.78. The zero-order valence-corrected chi connectivity index (χ0v) is 17.8. The Hall–Kier alpha value is -3.16. The summed E-state index contributed by atoms with van der Waals surface area (Å²) in [7, 11) is 3.10. The number of fused-ring (bicyclic) bond motifs is 8. The molecule has 6 rings (SSSR count). The van der Waals surface area contributed by atoms with Crippen LogP contribution in [0, 0.1) is 11.8 Å². The minimum atomic E-state index is -0.837. The van der Waals surface area contributed by atoms with E-state index in [4.69, 9.17) is 18.9 Å². The number of Topliss-reactive ketones (excluding diaryl/α,β-unsaturated/α-hetero) is 2. The number of carbonyl (C=O) groups is 2. The van der Waals surface area contributed by atoms with Crippen molar-refractivity contribution in [1.29, 1.82) is 0 Å². The number of hydrogen-bond donors (Lipinski definition) is 0. The van der Waals surface area contributed by atoms with Crippen molar-refractivity contribution >= 4 is 17.6 Å². The minimum Gasteiger partial charge on any atom is -0.493 e. The van der Waals surface area contributed by atoms with Gasteiger partial charge in [-0.15, -0.1) is 0 Å². The SMILES string of the molecule is COc1ccc(C(=O)C2[C@H]3[C@H](C(=O)[C@H]4OC[C@@H]3O4)[C@H]3c4ccccc4C=CN23)cc1OC. The van der Waals surface area contributed by atoms with Crippen LogP contribution in [0.5, 0.6) is 11.5 Å². The molecule has 2 bridgehead atoms. The smallest absolute Gasteiger partial charge is 0.218 e. The molecular formula is C25H23NO6. The van der Waals surface area contributed by atoms with Crippen LogP contribution in [0.25, 0.3) is 6.08 Å². The summed E-state index contributed by atoms with van der Waals surface area (Å²) in [6, 6.07) is 12.4. The first-order valence-corrected chi connectivity index (χ1v) is 10.7. The Balaban J connectivity index is 1.47. The lowest BCUT2D eigenvalue weighted by Crippen LogP contribution is -2.48. The minimum absolute atomic E-state index is 0.0748. The van der Waals surface area contributed by atoms with Gasteiger partial charge in [0.05, 0.1) is 44.9 Å². The summed E-state index contributed by atoms with van der Waals surface area (Å²) < 4.78 is 22.3. The van der Waals surface area contributed by atoms with Crippen molar-refractivity contribution < 1.29 is 28.5 Å². The van der Waals surface area contributed by atoms with E-state index in [2.05, 4.69) is 4.90 Å². The molecule has 2 aromatic carbocycles. The van der Waals surface area contributed by atoms with Gasteiger partial charge in [0.2, 0.25) is 6.29 Å². The molecule has 164 valence electrons. The van der Waals surface area contributed by atoms with Crippen LogP contribution in [-0.4, -0.2) is 55.7 Å². The first kappa shape index (κ1) is 19.5. The van der Waals surface area contributed by atoms with Gasteiger partial charge in [0.1, 0.15) is 0 Å². The number of benzene rings is 2. The van der Waals surface area contributed by atoms with Crippen molar-refractivity contribution in [3.8, 4) is 11.5 Å². The fraction of sp³-hybridized carbons (Fsp3) is 0.360. The molecule has 3 fully saturated rings. The van der Waals surface area contributed by atoms with Crippen molar-refractivity contribution in [2.45, 2.75) is 24.5 Å². The highest BCUT2D eigenvalue weighted by molar-refractivity contribution is 6.02. The third-order valence-electron chi connectivity index (χ3n) is 7.14. The summed E-state index contributed by atoms with van der Waals surface area (Å²) in [6.07, 6.45) is 2.83. The summed E-state index contributed by atoms with van der Waals surface area (Å²) >= 11 is 0. The lowest BCUT2D eigenvalue weighted by atomic mass is 9.75. The van der Waals surface area contributed by atoms with E-state index >= 15 is 0 Å². The van der Waals surface area contributed by atoms with Crippen LogP contribution in [0.3, 0.4) is 0 Å². The Bertz CT molecular complexity index is 1140. The number of rotatable bonds is 4. The van der Waals surface area contributed by atoms with Crippen LogP contribution in [0.1, 0.15) is 27.5 Å². The van der Waals surface area contributed by atoms with Gasteiger partial charge < -0.3 is 23.8 Å². The van der Waals surface area contributed by atoms with Crippen molar-refractivity contribution in [2.75, 3.05) is 20.8 Å². The average molecular weight is 433 g/mol. The molecule has 4 heterocycles. The molecule has 3 saturated heterocycles.